The molecule has 0 radical (unpaired) electrons. The van der Waals surface area contributed by atoms with Crippen molar-refractivity contribution in [2.45, 2.75) is 38.3 Å². The molecule has 1 heterocycles. The smallest absolute Gasteiger partial charge is 0.248 e. The van der Waals surface area contributed by atoms with Crippen molar-refractivity contribution in [3.05, 3.63) is 47.0 Å². The number of anilines is 1. The number of nitrogens with one attached hydrogen (secondary N) is 2. The van der Waals surface area contributed by atoms with Gasteiger partial charge >= 0.3 is 0 Å². The topological polar surface area (TPSA) is 97.1 Å². The van der Waals surface area contributed by atoms with Crippen molar-refractivity contribution < 1.29 is 9.59 Å². The average Bonchev–Trinajstić information content (AvgIpc) is 3.13. The van der Waals surface area contributed by atoms with Gasteiger partial charge in [0.25, 0.3) is 0 Å². The summed E-state index contributed by atoms with van der Waals surface area (Å²) in [6, 6.07) is 7.62. The van der Waals surface area contributed by atoms with E-state index in [1.807, 2.05) is 23.6 Å². The predicted molar refractivity (Wildman–Crippen MR) is 98.3 cm³/mol. The van der Waals surface area contributed by atoms with Gasteiger partial charge in [-0.2, -0.15) is 0 Å². The van der Waals surface area contributed by atoms with Crippen molar-refractivity contribution in [2.24, 2.45) is 11.7 Å². The number of aromatic nitrogens is 1. The van der Waals surface area contributed by atoms with E-state index in [1.165, 1.54) is 11.3 Å². The summed E-state index contributed by atoms with van der Waals surface area (Å²) in [6.07, 6.45) is 5.48. The highest BCUT2D eigenvalue weighted by Gasteiger charge is 2.27. The summed E-state index contributed by atoms with van der Waals surface area (Å²) in [5.74, 6) is -0.359. The number of carbonyl (C=O) groups excluding carboxylic acids is 2. The van der Waals surface area contributed by atoms with E-state index < -0.39 is 5.91 Å². The van der Waals surface area contributed by atoms with Gasteiger partial charge in [0.15, 0.2) is 5.13 Å². The van der Waals surface area contributed by atoms with Crippen LogP contribution in [0, 0.1) is 5.92 Å². The van der Waals surface area contributed by atoms with Gasteiger partial charge in [-0.25, -0.2) is 4.98 Å². The maximum atomic E-state index is 12.4. The van der Waals surface area contributed by atoms with Gasteiger partial charge in [-0.05, 0) is 37.0 Å². The fourth-order valence-corrected chi connectivity index (χ4v) is 3.73. The molecule has 2 amide bonds. The first-order valence-electron chi connectivity index (χ1n) is 8.44. The van der Waals surface area contributed by atoms with Crippen LogP contribution in [0.3, 0.4) is 0 Å². The lowest BCUT2D eigenvalue weighted by Crippen LogP contribution is -2.37. The number of benzene rings is 1. The van der Waals surface area contributed by atoms with Gasteiger partial charge in [0, 0.05) is 35.6 Å². The second kappa shape index (κ2) is 8.22. The van der Waals surface area contributed by atoms with E-state index >= 15 is 0 Å². The van der Waals surface area contributed by atoms with E-state index in [9.17, 15) is 9.59 Å². The van der Waals surface area contributed by atoms with E-state index in [2.05, 4.69) is 15.6 Å². The lowest BCUT2D eigenvalue weighted by atomic mass is 9.85. The average molecular weight is 358 g/mol. The van der Waals surface area contributed by atoms with Crippen molar-refractivity contribution >= 4 is 28.3 Å². The van der Waals surface area contributed by atoms with E-state index in [0.29, 0.717) is 17.2 Å². The van der Waals surface area contributed by atoms with E-state index in [4.69, 9.17) is 5.73 Å². The molecule has 2 aromatic rings. The molecule has 132 valence electrons. The van der Waals surface area contributed by atoms with Crippen LogP contribution in [0.1, 0.15) is 41.6 Å². The molecule has 7 heteroatoms. The van der Waals surface area contributed by atoms with Crippen LogP contribution in [-0.4, -0.2) is 22.8 Å². The Morgan fingerprint density at radius 2 is 2.20 bits per heavy atom. The van der Waals surface area contributed by atoms with E-state index in [0.717, 1.165) is 31.2 Å². The molecule has 1 aromatic heterocycles. The van der Waals surface area contributed by atoms with Gasteiger partial charge in [0.2, 0.25) is 11.8 Å². The molecule has 2 atom stereocenters. The Morgan fingerprint density at radius 1 is 1.32 bits per heavy atom. The Kier molecular flexibility index (Phi) is 5.78. The third kappa shape index (κ3) is 4.87. The van der Waals surface area contributed by atoms with E-state index in [-0.39, 0.29) is 17.9 Å². The fraction of sp³-hybridized carbons (Fsp3) is 0.389. The number of hydrogen-bond acceptors (Lipinski definition) is 5. The van der Waals surface area contributed by atoms with Gasteiger partial charge in [-0.1, -0.05) is 18.6 Å². The Balaban J connectivity index is 1.52. The molecule has 0 saturated heterocycles. The number of carbonyl (C=O) groups is 2. The van der Waals surface area contributed by atoms with Crippen molar-refractivity contribution in [2.75, 3.05) is 5.32 Å². The Hall–Kier alpha value is -2.25. The summed E-state index contributed by atoms with van der Waals surface area (Å²) in [5, 5.41) is 8.90. The number of thiazole rings is 1. The standard InChI is InChI=1S/C18H22N4O2S/c19-16(23)13-4-1-3-12(9-13)11-21-15-6-2-5-14(10-15)17(24)22-18-20-7-8-25-18/h1,3-4,7-9,14-15,21H,2,5-6,10-11H2,(H2,19,23)(H,20,22,24)/t14-,15+/m0/s1. The predicted octanol–water partition coefficient (Wildman–Crippen LogP) is 2.53. The van der Waals surface area contributed by atoms with Gasteiger partial charge in [0.1, 0.15) is 0 Å². The Labute approximate surface area is 150 Å². The largest absolute Gasteiger partial charge is 0.366 e. The minimum absolute atomic E-state index is 0.00658. The maximum Gasteiger partial charge on any atom is 0.248 e. The Morgan fingerprint density at radius 3 is 2.96 bits per heavy atom. The summed E-state index contributed by atoms with van der Waals surface area (Å²) < 4.78 is 0. The summed E-state index contributed by atoms with van der Waals surface area (Å²) >= 11 is 1.43. The highest BCUT2D eigenvalue weighted by atomic mass is 32.1. The van der Waals surface area contributed by atoms with E-state index in [1.54, 1.807) is 12.3 Å². The molecule has 0 bridgehead atoms. The normalized spacial score (nSPS) is 20.2. The number of rotatable bonds is 6. The first kappa shape index (κ1) is 17.6. The van der Waals surface area contributed by atoms with Crippen LogP contribution in [0.4, 0.5) is 5.13 Å². The lowest BCUT2D eigenvalue weighted by molar-refractivity contribution is -0.121. The molecule has 3 rings (SSSR count). The van der Waals surface area contributed by atoms with Crippen molar-refractivity contribution in [3.63, 3.8) is 0 Å². The minimum atomic E-state index is -0.418. The van der Waals surface area contributed by atoms with Crippen LogP contribution in [0.25, 0.3) is 0 Å². The quantitative estimate of drug-likeness (QED) is 0.739. The zero-order valence-electron chi connectivity index (χ0n) is 13.9. The SMILES string of the molecule is NC(=O)c1cccc(CN[C@@H]2CCC[C@H](C(=O)Nc3nccs3)C2)c1. The first-order valence-corrected chi connectivity index (χ1v) is 9.32. The molecule has 4 N–H and O–H groups in total. The van der Waals surface area contributed by atoms with Crippen LogP contribution in [0.15, 0.2) is 35.8 Å². The van der Waals surface area contributed by atoms with Crippen LogP contribution >= 0.6 is 11.3 Å². The molecule has 0 spiro atoms. The maximum absolute atomic E-state index is 12.4. The number of nitrogens with two attached hydrogens (primary N) is 1. The van der Waals surface area contributed by atoms with Crippen molar-refractivity contribution in [1.29, 1.82) is 0 Å². The zero-order valence-corrected chi connectivity index (χ0v) is 14.7. The van der Waals surface area contributed by atoms with Crippen LogP contribution in [0.2, 0.25) is 0 Å². The number of amides is 2. The molecule has 0 aliphatic heterocycles. The van der Waals surface area contributed by atoms with Crippen molar-refractivity contribution in [1.82, 2.24) is 10.3 Å². The molecule has 1 fully saturated rings. The molecule has 6 nitrogen and oxygen atoms in total. The summed E-state index contributed by atoms with van der Waals surface area (Å²) in [6.45, 7) is 0.659. The monoisotopic (exact) mass is 358 g/mol. The first-order chi connectivity index (χ1) is 12.1. The van der Waals surface area contributed by atoms with Crippen LogP contribution < -0.4 is 16.4 Å². The second-order valence-electron chi connectivity index (χ2n) is 6.33. The number of hydrogen-bond donors (Lipinski definition) is 3. The summed E-state index contributed by atoms with van der Waals surface area (Å²) in [5.41, 5.74) is 6.86. The molecule has 1 aliphatic rings. The third-order valence-electron chi connectivity index (χ3n) is 4.51. The lowest BCUT2D eigenvalue weighted by Gasteiger charge is -2.29. The highest BCUT2D eigenvalue weighted by molar-refractivity contribution is 7.13. The van der Waals surface area contributed by atoms with Crippen molar-refractivity contribution in [3.8, 4) is 0 Å². The summed E-state index contributed by atoms with van der Waals surface area (Å²) in [4.78, 5) is 27.7. The van der Waals surface area contributed by atoms with Gasteiger partial charge in [-0.15, -0.1) is 11.3 Å². The van der Waals surface area contributed by atoms with Gasteiger partial charge in [0.05, 0.1) is 0 Å². The van der Waals surface area contributed by atoms with Gasteiger partial charge < -0.3 is 16.4 Å². The third-order valence-corrected chi connectivity index (χ3v) is 5.20. The fourth-order valence-electron chi connectivity index (χ4n) is 3.20. The number of primary amides is 1. The Bertz CT molecular complexity index is 732. The zero-order chi connectivity index (χ0) is 17.6. The van der Waals surface area contributed by atoms with Gasteiger partial charge in [-0.3, -0.25) is 9.59 Å². The highest BCUT2D eigenvalue weighted by Crippen LogP contribution is 2.26. The molecule has 0 unspecified atom stereocenters. The molecular weight excluding hydrogens is 336 g/mol. The minimum Gasteiger partial charge on any atom is -0.366 e. The van der Waals surface area contributed by atoms with Crippen LogP contribution in [-0.2, 0) is 11.3 Å². The molecule has 1 aliphatic carbocycles. The molecule has 1 saturated carbocycles. The molecule has 25 heavy (non-hydrogen) atoms. The molecular formula is C18H22N4O2S. The molecule has 1 aromatic carbocycles. The second-order valence-corrected chi connectivity index (χ2v) is 7.23. The number of nitrogens with zero attached hydrogens (tertiary/aromatic N) is 1. The summed E-state index contributed by atoms with van der Waals surface area (Å²) in [7, 11) is 0. The van der Waals surface area contributed by atoms with Crippen LogP contribution in [0.5, 0.6) is 0 Å².